The van der Waals surface area contributed by atoms with E-state index >= 15 is 0 Å². The molecule has 0 aliphatic rings. The smallest absolute Gasteiger partial charge is 0.672 e. The van der Waals surface area contributed by atoms with E-state index in [4.69, 9.17) is 28.1 Å². The molecule has 0 aromatic rings. The molecule has 0 saturated heterocycles. The second-order valence-corrected chi connectivity index (χ2v) is 1.50. The molecule has 9 heavy (non-hydrogen) atoms. The van der Waals surface area contributed by atoms with Crippen molar-refractivity contribution in [3.8, 4) is 0 Å². The van der Waals surface area contributed by atoms with E-state index in [2.05, 4.69) is 0 Å². The van der Waals surface area contributed by atoms with Gasteiger partial charge in [-0.05, 0) is 0 Å². The topological polar surface area (TPSA) is 126 Å². The summed E-state index contributed by atoms with van der Waals surface area (Å²) in [5.41, 5.74) is 0. The molecule has 0 bridgehead atoms. The molecule has 0 saturated carbocycles. The monoisotopic (exact) mass is 180 g/mol. The van der Waals surface area contributed by atoms with Crippen LogP contribution in [0.3, 0.4) is 0 Å². The zero-order chi connectivity index (χ0) is 7.15. The predicted octanol–water partition coefficient (Wildman–Crippen LogP) is -6.02. The second-order valence-electron chi connectivity index (χ2n) is 0.500. The van der Waals surface area contributed by atoms with Crippen LogP contribution in [-0.2, 0) is 8.92 Å². The van der Waals surface area contributed by atoms with Crippen molar-refractivity contribution in [2.45, 2.75) is 0 Å². The molecule has 0 unspecified atom stereocenters. The summed E-state index contributed by atoms with van der Waals surface area (Å²) >= 11 is 0. The molecular weight excluding hydrogens is 179 g/mol. The molecule has 0 aromatic carbocycles. The maximum absolute atomic E-state index is 8.52. The Bertz CT molecular complexity index is 73.7. The molecule has 0 heterocycles. The molecule has 0 aromatic heterocycles. The summed E-state index contributed by atoms with van der Waals surface area (Å²) in [5.74, 6) is 0. The van der Waals surface area contributed by atoms with Crippen molar-refractivity contribution in [2.75, 3.05) is 0 Å². The first-order valence-electron chi connectivity index (χ1n) is 1.22. The Labute approximate surface area is 65.8 Å². The molecule has 48 valence electrons. The zero-order valence-electron chi connectivity index (χ0n) is 5.03. The van der Waals surface area contributed by atoms with Crippen LogP contribution in [0.4, 0.5) is 0 Å². The van der Waals surface area contributed by atoms with Crippen molar-refractivity contribution >= 4 is 35.7 Å². The molecule has 6 nitrogen and oxygen atoms in total. The molecule has 0 rings (SSSR count). The maximum atomic E-state index is 8.52. The Balaban J connectivity index is -0.0000000300. The quantitative estimate of drug-likeness (QED) is 0.341. The van der Waals surface area contributed by atoms with Crippen molar-refractivity contribution in [1.82, 2.24) is 0 Å². The Morgan fingerprint density at radius 1 is 0.889 bits per heavy atom. The molecule has 0 N–H and O–H groups in total. The second kappa shape index (κ2) is 10.7. The van der Waals surface area contributed by atoms with E-state index in [1.165, 1.54) is 0 Å². The average Bonchev–Trinajstić information content (AvgIpc) is 1.25. The maximum Gasteiger partial charge on any atom is 3.00 e. The van der Waals surface area contributed by atoms with Crippen molar-refractivity contribution < 1.29 is 29.5 Å². The number of hydrogen-bond acceptors (Lipinski definition) is 6. The molecule has 0 atom stereocenters. The Morgan fingerprint density at radius 3 is 0.889 bits per heavy atom. The first-order chi connectivity index (χ1) is 3.46. The summed E-state index contributed by atoms with van der Waals surface area (Å²) in [5, 5.41) is 0. The molecule has 0 aliphatic carbocycles. The van der Waals surface area contributed by atoms with Gasteiger partial charge in [0.25, 0.3) is 0 Å². The van der Waals surface area contributed by atoms with Gasteiger partial charge in [-0.3, -0.25) is 0 Å². The van der Waals surface area contributed by atoms with Crippen LogP contribution in [0.5, 0.6) is 0 Å². The first kappa shape index (κ1) is 15.9. The fraction of sp³-hybridized carbons (Fsp3) is 0. The zero-order valence-corrected chi connectivity index (χ0v) is 7.18. The summed E-state index contributed by atoms with van der Waals surface area (Å²) in [6.45, 7) is 0. The molecule has 0 fully saturated rings. The van der Waals surface area contributed by atoms with E-state index in [0.29, 0.717) is 0 Å². The van der Waals surface area contributed by atoms with E-state index < -0.39 is 18.3 Å². The van der Waals surface area contributed by atoms with Gasteiger partial charge in [-0.15, -0.1) is 0 Å². The molecule has 0 radical (unpaired) electrons. The standard InChI is InChI=1S/Al.2O3Si/c;2*1-4(2)3/q+3;2*-2/p+1. The van der Waals surface area contributed by atoms with Crippen molar-refractivity contribution in [3.63, 3.8) is 0 Å². The third-order valence-corrected chi connectivity index (χ3v) is 0. The number of hydrogen-bond donors (Lipinski definition) is 0. The van der Waals surface area contributed by atoms with Crippen molar-refractivity contribution in [3.05, 3.63) is 0 Å². The summed E-state index contributed by atoms with van der Waals surface area (Å²) in [7, 11) is -7.26. The van der Waals surface area contributed by atoms with Crippen molar-refractivity contribution in [1.29, 1.82) is 0 Å². The van der Waals surface area contributed by atoms with Gasteiger partial charge in [0.1, 0.15) is 0 Å². The molecule has 9 heteroatoms. The van der Waals surface area contributed by atoms with Crippen LogP contribution >= 0.6 is 0 Å². The van der Waals surface area contributed by atoms with Crippen LogP contribution in [0, 0.1) is 0 Å². The third-order valence-electron chi connectivity index (χ3n) is 0. The van der Waals surface area contributed by atoms with Crippen LogP contribution in [0.2, 0.25) is 0 Å². The summed E-state index contributed by atoms with van der Waals surface area (Å²) in [6.07, 6.45) is 0. The van der Waals surface area contributed by atoms with Crippen LogP contribution in [-0.4, -0.2) is 35.7 Å². The van der Waals surface area contributed by atoms with Gasteiger partial charge >= 0.3 is 18.8 Å². The molecule has 0 amide bonds. The van der Waals surface area contributed by atoms with Crippen LogP contribution in [0.1, 0.15) is 1.43 Å². The summed E-state index contributed by atoms with van der Waals surface area (Å²) in [4.78, 5) is 34.1. The summed E-state index contributed by atoms with van der Waals surface area (Å²) < 4.78 is 17.0. The van der Waals surface area contributed by atoms with Gasteiger partial charge in [0, 0.05) is 18.3 Å². The normalized spacial score (nSPS) is 5.33. The van der Waals surface area contributed by atoms with Gasteiger partial charge in [-0.1, -0.05) is 0 Å². The van der Waals surface area contributed by atoms with Gasteiger partial charge in [0.2, 0.25) is 0 Å². The molecule has 0 aliphatic heterocycles. The predicted molar refractivity (Wildman–Crippen MR) is 19.7 cm³/mol. The van der Waals surface area contributed by atoms with E-state index in [9.17, 15) is 0 Å². The molecule has 0 spiro atoms. The molecular formula is HAlO6Si2. The minimum Gasteiger partial charge on any atom is -0.672 e. The van der Waals surface area contributed by atoms with Crippen LogP contribution < -0.4 is 19.2 Å². The van der Waals surface area contributed by atoms with Crippen molar-refractivity contribution in [2.24, 2.45) is 0 Å². The minimum absolute atomic E-state index is 0. The largest absolute Gasteiger partial charge is 3.00 e. The van der Waals surface area contributed by atoms with Gasteiger partial charge in [0.15, 0.2) is 0 Å². The third kappa shape index (κ3) is 4730. The SMILES string of the molecule is O=[Si]([O-])[O-].O=[Si]([O-])[O-].[Al+3].[H+]. The van der Waals surface area contributed by atoms with E-state index in [1.54, 1.807) is 0 Å². The Hall–Kier alpha value is -0.234. The van der Waals surface area contributed by atoms with Crippen LogP contribution in [0.25, 0.3) is 0 Å². The Kier molecular flexibility index (Phi) is 18.9. The van der Waals surface area contributed by atoms with E-state index in [-0.39, 0.29) is 18.8 Å². The van der Waals surface area contributed by atoms with Gasteiger partial charge < -0.3 is 28.1 Å². The summed E-state index contributed by atoms with van der Waals surface area (Å²) in [6, 6.07) is 0. The average molecular weight is 180 g/mol. The van der Waals surface area contributed by atoms with Gasteiger partial charge in [-0.25, -0.2) is 0 Å². The minimum atomic E-state index is -3.63. The van der Waals surface area contributed by atoms with E-state index in [1.807, 2.05) is 0 Å². The van der Waals surface area contributed by atoms with Gasteiger partial charge in [-0.2, -0.15) is 0 Å². The Morgan fingerprint density at radius 2 is 0.889 bits per heavy atom. The first-order valence-corrected chi connectivity index (χ1v) is 3.67. The van der Waals surface area contributed by atoms with Crippen LogP contribution in [0.15, 0.2) is 0 Å². The number of rotatable bonds is 0. The van der Waals surface area contributed by atoms with E-state index in [0.717, 1.165) is 0 Å². The fourth-order valence-corrected chi connectivity index (χ4v) is 0. The fourth-order valence-electron chi connectivity index (χ4n) is 0. The van der Waals surface area contributed by atoms with Gasteiger partial charge in [0.05, 0.1) is 0 Å².